The minimum atomic E-state index is -5.00. The zero-order valence-corrected chi connectivity index (χ0v) is 18.9. The highest BCUT2D eigenvalue weighted by atomic mass is 35.5. The molecule has 0 saturated carbocycles. The lowest BCUT2D eigenvalue weighted by Gasteiger charge is -2.16. The van der Waals surface area contributed by atoms with E-state index in [2.05, 4.69) is 14.7 Å². The van der Waals surface area contributed by atoms with E-state index >= 15 is 0 Å². The van der Waals surface area contributed by atoms with Gasteiger partial charge in [0.15, 0.2) is 6.61 Å². The molecule has 0 aliphatic heterocycles. The van der Waals surface area contributed by atoms with Crippen molar-refractivity contribution < 1.29 is 36.6 Å². The number of halogens is 5. The van der Waals surface area contributed by atoms with Crippen molar-refractivity contribution in [2.75, 3.05) is 13.7 Å². The minimum Gasteiger partial charge on any atom is -0.466 e. The molecule has 0 atom stereocenters. The van der Waals surface area contributed by atoms with Crippen molar-refractivity contribution in [3.8, 4) is 23.1 Å². The zero-order chi connectivity index (χ0) is 26.1. The molecule has 15 heteroatoms. The highest BCUT2D eigenvalue weighted by molar-refractivity contribution is 6.32. The Kier molecular flexibility index (Phi) is 7.14. The molecule has 0 spiro atoms. The van der Waals surface area contributed by atoms with Gasteiger partial charge in [-0.1, -0.05) is 11.6 Å². The highest BCUT2D eigenvalue weighted by Gasteiger charge is 2.35. The molecule has 35 heavy (non-hydrogen) atoms. The third kappa shape index (κ3) is 5.42. The van der Waals surface area contributed by atoms with Crippen LogP contribution in [0.1, 0.15) is 11.5 Å². The van der Waals surface area contributed by atoms with E-state index in [-0.39, 0.29) is 43.4 Å². The first-order valence-corrected chi connectivity index (χ1v) is 9.82. The van der Waals surface area contributed by atoms with Crippen molar-refractivity contribution in [1.82, 2.24) is 19.1 Å². The van der Waals surface area contributed by atoms with Gasteiger partial charge in [0, 0.05) is 19.2 Å². The van der Waals surface area contributed by atoms with Gasteiger partial charge in [0.1, 0.15) is 23.1 Å². The summed E-state index contributed by atoms with van der Waals surface area (Å²) in [6, 6.07) is 1.68. The maximum atomic E-state index is 14.7. The summed E-state index contributed by atoms with van der Waals surface area (Å²) in [5, 5.41) is -0.331. The Labute approximate surface area is 198 Å². The van der Waals surface area contributed by atoms with Gasteiger partial charge in [-0.15, -0.1) is 0 Å². The summed E-state index contributed by atoms with van der Waals surface area (Å²) in [7, 11) is 1.92. The molecule has 0 radical (unpaired) electrons. The van der Waals surface area contributed by atoms with E-state index in [9.17, 15) is 31.9 Å². The number of benzene rings is 1. The molecular formula is C20H15ClF4N4O6. The molecule has 0 saturated heterocycles. The van der Waals surface area contributed by atoms with E-state index in [1.165, 1.54) is 6.92 Å². The van der Waals surface area contributed by atoms with E-state index in [1.807, 2.05) is 0 Å². The zero-order valence-electron chi connectivity index (χ0n) is 18.1. The van der Waals surface area contributed by atoms with Crippen molar-refractivity contribution in [2.24, 2.45) is 7.05 Å². The number of aromatic nitrogens is 4. The standard InChI is InChI=1S/C20H15ClF4N4O6/c1-9-26-7-14(18(27-9)34-8-17(31)33-3)35-13-5-12(11(22)4-10(13)21)29-16(30)6-15(20(23,24)25)28(2)19(29)32/h4-7H,8H2,1-3H3. The van der Waals surface area contributed by atoms with Gasteiger partial charge in [-0.3, -0.25) is 9.36 Å². The fourth-order valence-electron chi connectivity index (χ4n) is 2.80. The number of nitrogens with zero attached hydrogens (tertiary/aromatic N) is 4. The number of esters is 1. The fourth-order valence-corrected chi connectivity index (χ4v) is 2.99. The quantitative estimate of drug-likeness (QED) is 0.361. The molecule has 0 N–H and O–H groups in total. The fraction of sp³-hybridized carbons (Fsp3) is 0.250. The first-order valence-electron chi connectivity index (χ1n) is 9.44. The summed E-state index contributed by atoms with van der Waals surface area (Å²) in [5.41, 5.74) is -5.14. The maximum absolute atomic E-state index is 14.7. The number of carbonyl (C=O) groups is 1. The Bertz CT molecular complexity index is 1420. The Balaban J connectivity index is 2.10. The van der Waals surface area contributed by atoms with Gasteiger partial charge in [-0.05, 0) is 13.0 Å². The van der Waals surface area contributed by atoms with E-state index in [4.69, 9.17) is 21.1 Å². The largest absolute Gasteiger partial charge is 0.466 e. The van der Waals surface area contributed by atoms with Crippen LogP contribution in [0.4, 0.5) is 17.6 Å². The number of alkyl halides is 3. The average Bonchev–Trinajstić information content (AvgIpc) is 2.77. The predicted molar refractivity (Wildman–Crippen MR) is 112 cm³/mol. The molecule has 0 aliphatic rings. The number of rotatable bonds is 6. The molecule has 1 aromatic carbocycles. The van der Waals surface area contributed by atoms with Crippen molar-refractivity contribution in [3.63, 3.8) is 0 Å². The van der Waals surface area contributed by atoms with E-state index in [0.717, 1.165) is 26.4 Å². The lowest BCUT2D eigenvalue weighted by molar-refractivity contribution is -0.144. The molecule has 0 aliphatic carbocycles. The number of aryl methyl sites for hydroxylation is 1. The van der Waals surface area contributed by atoms with Crippen LogP contribution in [-0.4, -0.2) is 38.8 Å². The van der Waals surface area contributed by atoms with E-state index < -0.39 is 47.2 Å². The SMILES string of the molecule is COC(=O)COc1nc(C)ncc1Oc1cc(-n2c(=O)cc(C(F)(F)F)n(C)c2=O)c(F)cc1Cl. The van der Waals surface area contributed by atoms with Crippen molar-refractivity contribution in [1.29, 1.82) is 0 Å². The lowest BCUT2D eigenvalue weighted by Crippen LogP contribution is -2.41. The molecule has 0 bridgehead atoms. The topological polar surface area (TPSA) is 115 Å². The Morgan fingerprint density at radius 3 is 2.49 bits per heavy atom. The summed E-state index contributed by atoms with van der Waals surface area (Å²) in [5.74, 6) is -2.41. The van der Waals surface area contributed by atoms with Gasteiger partial charge in [0.25, 0.3) is 11.4 Å². The van der Waals surface area contributed by atoms with Crippen LogP contribution in [-0.2, 0) is 22.8 Å². The average molecular weight is 519 g/mol. The van der Waals surface area contributed by atoms with Gasteiger partial charge >= 0.3 is 17.8 Å². The van der Waals surface area contributed by atoms with Crippen molar-refractivity contribution in [2.45, 2.75) is 13.1 Å². The normalized spacial score (nSPS) is 11.3. The van der Waals surface area contributed by atoms with Gasteiger partial charge in [0.05, 0.1) is 24.0 Å². The van der Waals surface area contributed by atoms with Crippen LogP contribution in [0, 0.1) is 12.7 Å². The molecule has 0 unspecified atom stereocenters. The smallest absolute Gasteiger partial charge is 0.431 e. The van der Waals surface area contributed by atoms with Gasteiger partial charge in [0.2, 0.25) is 5.75 Å². The molecule has 2 aromatic heterocycles. The van der Waals surface area contributed by atoms with Gasteiger partial charge in [-0.25, -0.2) is 23.5 Å². The molecule has 0 fully saturated rings. The third-order valence-electron chi connectivity index (χ3n) is 4.47. The van der Waals surface area contributed by atoms with Gasteiger partial charge in [-0.2, -0.15) is 18.2 Å². The summed E-state index contributed by atoms with van der Waals surface area (Å²) in [6.45, 7) is 0.979. The summed E-state index contributed by atoms with van der Waals surface area (Å²) in [4.78, 5) is 44.2. The molecular weight excluding hydrogens is 504 g/mol. The second kappa shape index (κ2) is 9.74. The summed E-state index contributed by atoms with van der Waals surface area (Å²) >= 11 is 6.03. The monoisotopic (exact) mass is 518 g/mol. The second-order valence-electron chi connectivity index (χ2n) is 6.83. The van der Waals surface area contributed by atoms with Crippen LogP contribution < -0.4 is 20.7 Å². The van der Waals surface area contributed by atoms with Crippen LogP contribution >= 0.6 is 11.6 Å². The second-order valence-corrected chi connectivity index (χ2v) is 7.24. The Hall–Kier alpha value is -3.94. The first kappa shape index (κ1) is 25.7. The van der Waals surface area contributed by atoms with Crippen LogP contribution in [0.25, 0.3) is 5.69 Å². The summed E-state index contributed by atoms with van der Waals surface area (Å²) in [6.07, 6.45) is -3.84. The number of hydrogen-bond acceptors (Lipinski definition) is 8. The molecule has 2 heterocycles. The molecule has 3 rings (SSSR count). The van der Waals surface area contributed by atoms with Crippen LogP contribution in [0.3, 0.4) is 0 Å². The molecule has 0 amide bonds. The van der Waals surface area contributed by atoms with Crippen LogP contribution in [0.5, 0.6) is 17.4 Å². The van der Waals surface area contributed by atoms with Crippen molar-refractivity contribution in [3.05, 3.63) is 67.6 Å². The summed E-state index contributed by atoms with van der Waals surface area (Å²) < 4.78 is 69.6. The Morgan fingerprint density at radius 2 is 1.86 bits per heavy atom. The predicted octanol–water partition coefficient (Wildman–Crippen LogP) is 2.79. The van der Waals surface area contributed by atoms with Crippen molar-refractivity contribution >= 4 is 17.6 Å². The first-order chi connectivity index (χ1) is 16.3. The number of methoxy groups -OCH3 is 1. The highest BCUT2D eigenvalue weighted by Crippen LogP contribution is 2.36. The number of carbonyl (C=O) groups excluding carboxylic acids is 1. The van der Waals surface area contributed by atoms with Crippen LogP contribution in [0.2, 0.25) is 5.02 Å². The molecule has 186 valence electrons. The van der Waals surface area contributed by atoms with Gasteiger partial charge < -0.3 is 14.2 Å². The number of hydrogen-bond donors (Lipinski definition) is 0. The van der Waals surface area contributed by atoms with Crippen LogP contribution in [0.15, 0.2) is 34.0 Å². The Morgan fingerprint density at radius 1 is 1.17 bits per heavy atom. The third-order valence-corrected chi connectivity index (χ3v) is 4.77. The minimum absolute atomic E-state index is 0.155. The number of ether oxygens (including phenoxy) is 3. The van der Waals surface area contributed by atoms with E-state index in [0.29, 0.717) is 6.07 Å². The lowest BCUT2D eigenvalue weighted by atomic mass is 10.2. The molecule has 10 nitrogen and oxygen atoms in total. The van der Waals surface area contributed by atoms with E-state index in [1.54, 1.807) is 0 Å². The molecule has 3 aromatic rings. The maximum Gasteiger partial charge on any atom is 0.431 e.